The molecule has 3 heterocycles. The lowest BCUT2D eigenvalue weighted by Gasteiger charge is -2.04. The Hall–Kier alpha value is -0.840. The van der Waals surface area contributed by atoms with E-state index in [2.05, 4.69) is 58.6 Å². The van der Waals surface area contributed by atoms with Crippen molar-refractivity contribution in [3.63, 3.8) is 0 Å². The van der Waals surface area contributed by atoms with Crippen LogP contribution in [0.3, 0.4) is 0 Å². The Balaban J connectivity index is 2.14. The molecule has 0 spiro atoms. The van der Waals surface area contributed by atoms with Crippen LogP contribution >= 0.6 is 61.5 Å². The molecule has 1 aromatic carbocycles. The smallest absolute Gasteiger partial charge is 0.226 e. The highest BCUT2D eigenvalue weighted by atomic mass is 127. The van der Waals surface area contributed by atoms with Crippen LogP contribution in [0.5, 0.6) is 0 Å². The standard InChI is InChI=1S/C12H4BrClIN5S/c13-5-1-6-9(7(15)2-5)17-12(14)20-11(6)18-10(19-20)8-3-21-4-16-8/h1-4H. The lowest BCUT2D eigenvalue weighted by molar-refractivity contribution is 0.936. The highest BCUT2D eigenvalue weighted by Crippen LogP contribution is 2.29. The Labute approximate surface area is 149 Å². The molecule has 0 unspecified atom stereocenters. The molecule has 4 rings (SSSR count). The van der Waals surface area contributed by atoms with E-state index in [1.54, 1.807) is 10.0 Å². The maximum Gasteiger partial charge on any atom is 0.226 e. The van der Waals surface area contributed by atoms with E-state index in [-0.39, 0.29) is 5.28 Å². The first kappa shape index (κ1) is 13.8. The minimum absolute atomic E-state index is 0.284. The average molecular weight is 493 g/mol. The fraction of sp³-hybridized carbons (Fsp3) is 0. The van der Waals surface area contributed by atoms with Gasteiger partial charge in [0.2, 0.25) is 11.1 Å². The number of nitrogens with zero attached hydrogens (tertiary/aromatic N) is 5. The molecule has 0 saturated heterocycles. The van der Waals surface area contributed by atoms with Crippen molar-refractivity contribution in [1.82, 2.24) is 24.6 Å². The maximum absolute atomic E-state index is 6.24. The third-order valence-corrected chi connectivity index (χ3v) is 5.03. The van der Waals surface area contributed by atoms with Crippen LogP contribution in [0.2, 0.25) is 5.28 Å². The normalized spacial score (nSPS) is 11.6. The summed E-state index contributed by atoms with van der Waals surface area (Å²) in [7, 11) is 0. The maximum atomic E-state index is 6.24. The molecule has 0 bridgehead atoms. The Morgan fingerprint density at radius 1 is 1.29 bits per heavy atom. The van der Waals surface area contributed by atoms with Gasteiger partial charge in [-0.25, -0.2) is 15.0 Å². The van der Waals surface area contributed by atoms with Gasteiger partial charge in [-0.15, -0.1) is 16.4 Å². The van der Waals surface area contributed by atoms with Gasteiger partial charge in [-0.05, 0) is 46.3 Å². The summed E-state index contributed by atoms with van der Waals surface area (Å²) in [5.74, 6) is 0.544. The minimum atomic E-state index is 0.284. The van der Waals surface area contributed by atoms with E-state index in [4.69, 9.17) is 11.6 Å². The van der Waals surface area contributed by atoms with E-state index in [9.17, 15) is 0 Å². The van der Waals surface area contributed by atoms with Gasteiger partial charge in [-0.3, -0.25) is 0 Å². The van der Waals surface area contributed by atoms with E-state index >= 15 is 0 Å². The first-order chi connectivity index (χ1) is 10.1. The summed E-state index contributed by atoms with van der Waals surface area (Å²) < 4.78 is 3.50. The van der Waals surface area contributed by atoms with Gasteiger partial charge in [0.25, 0.3) is 0 Å². The number of hydrogen-bond donors (Lipinski definition) is 0. The molecule has 3 aromatic heterocycles. The van der Waals surface area contributed by atoms with Gasteiger partial charge >= 0.3 is 0 Å². The molecule has 0 fully saturated rings. The van der Waals surface area contributed by atoms with Crippen molar-refractivity contribution in [1.29, 1.82) is 0 Å². The Morgan fingerprint density at radius 2 is 2.14 bits per heavy atom. The lowest BCUT2D eigenvalue weighted by Crippen LogP contribution is -1.96. The Kier molecular flexibility index (Phi) is 3.36. The molecule has 0 aliphatic carbocycles. The summed E-state index contributed by atoms with van der Waals surface area (Å²) in [6, 6.07) is 3.95. The molecule has 4 aromatic rings. The highest BCUT2D eigenvalue weighted by Gasteiger charge is 2.16. The van der Waals surface area contributed by atoms with Crippen LogP contribution in [-0.2, 0) is 0 Å². The van der Waals surface area contributed by atoms with Crippen molar-refractivity contribution in [2.45, 2.75) is 0 Å². The van der Waals surface area contributed by atoms with Crippen LogP contribution in [0.15, 0.2) is 27.5 Å². The Bertz CT molecular complexity index is 985. The molecule has 0 aliphatic rings. The molecule has 9 heteroatoms. The first-order valence-electron chi connectivity index (χ1n) is 5.73. The number of benzene rings is 1. The van der Waals surface area contributed by atoms with Crippen LogP contribution in [0.25, 0.3) is 28.1 Å². The summed E-state index contributed by atoms with van der Waals surface area (Å²) >= 11 is 13.5. The molecule has 104 valence electrons. The third kappa shape index (κ3) is 2.24. The zero-order valence-corrected chi connectivity index (χ0v) is 15.4. The van der Waals surface area contributed by atoms with E-state index in [1.165, 1.54) is 11.3 Å². The van der Waals surface area contributed by atoms with Gasteiger partial charge < -0.3 is 0 Å². The van der Waals surface area contributed by atoms with Crippen molar-refractivity contribution in [3.8, 4) is 11.5 Å². The van der Waals surface area contributed by atoms with Crippen LogP contribution in [-0.4, -0.2) is 24.6 Å². The molecule has 0 radical (unpaired) electrons. The number of thiazole rings is 1. The summed E-state index contributed by atoms with van der Waals surface area (Å²) in [5, 5.41) is 7.48. The SMILES string of the molecule is Clc1nc2c(I)cc(Br)cc2c2nc(-c3cscn3)nn12. The molecule has 0 aliphatic heterocycles. The van der Waals surface area contributed by atoms with E-state index in [0.29, 0.717) is 11.5 Å². The Morgan fingerprint density at radius 3 is 2.90 bits per heavy atom. The van der Waals surface area contributed by atoms with Crippen molar-refractivity contribution >= 4 is 78.0 Å². The number of halogens is 3. The van der Waals surface area contributed by atoms with Crippen molar-refractivity contribution in [2.75, 3.05) is 0 Å². The number of hydrogen-bond acceptors (Lipinski definition) is 5. The zero-order valence-electron chi connectivity index (χ0n) is 10.1. The number of rotatable bonds is 1. The largest absolute Gasteiger partial charge is 0.241 e. The quantitative estimate of drug-likeness (QED) is 0.292. The van der Waals surface area contributed by atoms with Gasteiger partial charge in [0.1, 0.15) is 5.69 Å². The van der Waals surface area contributed by atoms with Crippen LogP contribution in [0, 0.1) is 3.57 Å². The summed E-state index contributed by atoms with van der Waals surface area (Å²) in [6.07, 6.45) is 0. The highest BCUT2D eigenvalue weighted by molar-refractivity contribution is 14.1. The van der Waals surface area contributed by atoms with Crippen molar-refractivity contribution in [2.24, 2.45) is 0 Å². The summed E-state index contributed by atoms with van der Waals surface area (Å²) in [6.45, 7) is 0. The summed E-state index contributed by atoms with van der Waals surface area (Å²) in [4.78, 5) is 13.2. The van der Waals surface area contributed by atoms with E-state index in [0.717, 1.165) is 24.6 Å². The molecule has 5 nitrogen and oxygen atoms in total. The topological polar surface area (TPSA) is 56.0 Å². The van der Waals surface area contributed by atoms with Crippen molar-refractivity contribution < 1.29 is 0 Å². The molecule has 0 atom stereocenters. The fourth-order valence-electron chi connectivity index (χ4n) is 2.04. The van der Waals surface area contributed by atoms with Gasteiger partial charge in [0, 0.05) is 18.8 Å². The zero-order chi connectivity index (χ0) is 14.6. The monoisotopic (exact) mass is 491 g/mol. The predicted molar refractivity (Wildman–Crippen MR) is 94.8 cm³/mol. The number of aromatic nitrogens is 5. The van der Waals surface area contributed by atoms with Crippen LogP contribution in [0.1, 0.15) is 0 Å². The second kappa shape index (κ2) is 5.11. The minimum Gasteiger partial charge on any atom is -0.241 e. The van der Waals surface area contributed by atoms with Gasteiger partial charge in [-0.2, -0.15) is 4.52 Å². The van der Waals surface area contributed by atoms with E-state index < -0.39 is 0 Å². The average Bonchev–Trinajstić information content (AvgIpc) is 3.07. The van der Waals surface area contributed by atoms with Crippen LogP contribution in [0.4, 0.5) is 0 Å². The predicted octanol–water partition coefficient (Wildman–Crippen LogP) is 4.42. The van der Waals surface area contributed by atoms with Crippen LogP contribution < -0.4 is 0 Å². The third-order valence-electron chi connectivity index (χ3n) is 2.92. The molecule has 21 heavy (non-hydrogen) atoms. The molecule has 0 amide bonds. The van der Waals surface area contributed by atoms with Crippen molar-refractivity contribution in [3.05, 3.63) is 36.3 Å². The van der Waals surface area contributed by atoms with Gasteiger partial charge in [0.05, 0.1) is 11.0 Å². The van der Waals surface area contributed by atoms with E-state index in [1.807, 2.05) is 17.5 Å². The first-order valence-corrected chi connectivity index (χ1v) is 8.92. The molecular formula is C12H4BrClIN5S. The molecule has 0 N–H and O–H groups in total. The lowest BCUT2D eigenvalue weighted by atomic mass is 10.2. The number of fused-ring (bicyclic) bond motifs is 3. The second-order valence-electron chi connectivity index (χ2n) is 4.21. The molecular weight excluding hydrogens is 488 g/mol. The van der Waals surface area contributed by atoms with Gasteiger partial charge in [0.15, 0.2) is 5.65 Å². The molecule has 0 saturated carbocycles. The fourth-order valence-corrected chi connectivity index (χ4v) is 4.40. The summed E-state index contributed by atoms with van der Waals surface area (Å²) in [5.41, 5.74) is 3.97. The van der Waals surface area contributed by atoms with Gasteiger partial charge in [-0.1, -0.05) is 15.9 Å². The second-order valence-corrected chi connectivity index (χ2v) is 7.34.